The second kappa shape index (κ2) is 9.11. The monoisotopic (exact) mass is 399 g/mol. The molecule has 2 aromatic heterocycles. The molecular weight excluding hydrogens is 370 g/mol. The molecule has 0 bridgehead atoms. The summed E-state index contributed by atoms with van der Waals surface area (Å²) in [4.78, 5) is 42.2. The van der Waals surface area contributed by atoms with E-state index in [0.717, 1.165) is 25.7 Å². The second-order valence-corrected chi connectivity index (χ2v) is 7.85. The fraction of sp³-hybridized carbons (Fsp3) is 0.500. The number of carbonyl (C=O) groups is 2. The Labute approximate surface area is 170 Å². The Morgan fingerprint density at radius 2 is 2.00 bits per heavy atom. The molecule has 1 atom stereocenters. The number of H-pyrrole nitrogens is 1. The second-order valence-electron chi connectivity index (χ2n) is 7.85. The minimum atomic E-state index is -1.06. The Morgan fingerprint density at radius 1 is 1.24 bits per heavy atom. The van der Waals surface area contributed by atoms with Crippen molar-refractivity contribution < 1.29 is 14.0 Å². The molecule has 2 heterocycles. The van der Waals surface area contributed by atoms with E-state index in [4.69, 9.17) is 4.42 Å². The van der Waals surface area contributed by atoms with E-state index in [1.807, 2.05) is 6.92 Å². The van der Waals surface area contributed by atoms with Crippen LogP contribution < -0.4 is 10.9 Å². The minimum absolute atomic E-state index is 0.149. The number of nitrogens with zero attached hydrogens (tertiary/aromatic N) is 1. The highest BCUT2D eigenvalue weighted by molar-refractivity contribution is 5.99. The Bertz CT molecular complexity index is 863. The van der Waals surface area contributed by atoms with Crippen LogP contribution in [-0.4, -0.2) is 33.3 Å². The zero-order chi connectivity index (χ0) is 20.9. The van der Waals surface area contributed by atoms with Crippen molar-refractivity contribution in [3.05, 3.63) is 58.4 Å². The fourth-order valence-electron chi connectivity index (χ4n) is 3.79. The van der Waals surface area contributed by atoms with Crippen LogP contribution in [0.2, 0.25) is 0 Å². The molecule has 0 aromatic carbocycles. The van der Waals surface area contributed by atoms with E-state index in [1.165, 1.54) is 29.7 Å². The summed E-state index contributed by atoms with van der Waals surface area (Å²) in [5.41, 5.74) is -1.02. The van der Waals surface area contributed by atoms with E-state index in [-0.39, 0.29) is 30.0 Å². The lowest BCUT2D eigenvalue weighted by Gasteiger charge is -2.40. The van der Waals surface area contributed by atoms with Crippen molar-refractivity contribution in [1.82, 2.24) is 15.2 Å². The molecular formula is C22H29N3O4. The lowest BCUT2D eigenvalue weighted by molar-refractivity contribution is -0.133. The molecule has 1 saturated carbocycles. The first-order valence-corrected chi connectivity index (χ1v) is 10.3. The number of furan rings is 1. The predicted molar refractivity (Wildman–Crippen MR) is 109 cm³/mol. The summed E-state index contributed by atoms with van der Waals surface area (Å²) < 4.78 is 5.46. The van der Waals surface area contributed by atoms with E-state index in [0.29, 0.717) is 17.7 Å². The molecule has 0 unspecified atom stereocenters. The third kappa shape index (κ3) is 4.78. The van der Waals surface area contributed by atoms with E-state index in [1.54, 1.807) is 25.3 Å². The molecule has 0 spiro atoms. The lowest BCUT2D eigenvalue weighted by atomic mass is 9.90. The standard InChI is InChI=1S/C22H29N3O4/c1-3-22(2,21(28)24-17-8-5-4-6-9-17)25(15-18-10-7-13-29-18)20(27)16-11-12-19(26)23-14-16/h7,10-14,17H,3-6,8-9,15H2,1-2H3,(H,23,26)(H,24,28)/t22-/m1/s1. The number of nitrogens with one attached hydrogen (secondary N) is 2. The van der Waals surface area contributed by atoms with Gasteiger partial charge in [-0.25, -0.2) is 0 Å². The van der Waals surface area contributed by atoms with Crippen LogP contribution in [0.25, 0.3) is 0 Å². The first kappa shape index (κ1) is 20.9. The van der Waals surface area contributed by atoms with Crippen molar-refractivity contribution in [1.29, 1.82) is 0 Å². The van der Waals surface area contributed by atoms with Crippen molar-refractivity contribution in [2.24, 2.45) is 0 Å². The zero-order valence-electron chi connectivity index (χ0n) is 17.1. The molecule has 0 aliphatic heterocycles. The van der Waals surface area contributed by atoms with E-state index < -0.39 is 5.54 Å². The fourth-order valence-corrected chi connectivity index (χ4v) is 3.79. The van der Waals surface area contributed by atoms with Gasteiger partial charge in [-0.05, 0) is 44.4 Å². The summed E-state index contributed by atoms with van der Waals surface area (Å²) in [5.74, 6) is 0.102. The van der Waals surface area contributed by atoms with Crippen molar-refractivity contribution in [3.8, 4) is 0 Å². The molecule has 2 N–H and O–H groups in total. The highest BCUT2D eigenvalue weighted by Crippen LogP contribution is 2.27. The quantitative estimate of drug-likeness (QED) is 0.747. The summed E-state index contributed by atoms with van der Waals surface area (Å²) in [6, 6.07) is 6.47. The van der Waals surface area contributed by atoms with Gasteiger partial charge in [0, 0.05) is 18.3 Å². The van der Waals surface area contributed by atoms with Gasteiger partial charge in [0.15, 0.2) is 0 Å². The SMILES string of the molecule is CC[C@](C)(C(=O)NC1CCCCC1)N(Cc1ccco1)C(=O)c1ccc(=O)[nH]c1. The predicted octanol–water partition coefficient (Wildman–Crippen LogP) is 3.23. The van der Waals surface area contributed by atoms with E-state index in [9.17, 15) is 14.4 Å². The number of rotatable bonds is 7. The van der Waals surface area contributed by atoms with Crippen molar-refractivity contribution in [2.45, 2.75) is 70.5 Å². The normalized spacial score (nSPS) is 16.8. The van der Waals surface area contributed by atoms with Gasteiger partial charge in [-0.2, -0.15) is 0 Å². The number of hydrogen-bond acceptors (Lipinski definition) is 4. The van der Waals surface area contributed by atoms with Crippen molar-refractivity contribution in [3.63, 3.8) is 0 Å². The van der Waals surface area contributed by atoms with E-state index >= 15 is 0 Å². The summed E-state index contributed by atoms with van der Waals surface area (Å²) in [7, 11) is 0. The van der Waals surface area contributed by atoms with Crippen LogP contribution >= 0.6 is 0 Å². The van der Waals surface area contributed by atoms with Crippen molar-refractivity contribution in [2.75, 3.05) is 0 Å². The van der Waals surface area contributed by atoms with E-state index in [2.05, 4.69) is 10.3 Å². The third-order valence-corrected chi connectivity index (χ3v) is 5.88. The van der Waals surface area contributed by atoms with Crippen LogP contribution in [0.3, 0.4) is 0 Å². The van der Waals surface area contributed by atoms with Gasteiger partial charge in [0.2, 0.25) is 11.5 Å². The Morgan fingerprint density at radius 3 is 2.59 bits per heavy atom. The summed E-state index contributed by atoms with van der Waals surface area (Å²) in [6.45, 7) is 3.85. The molecule has 1 aliphatic carbocycles. The topological polar surface area (TPSA) is 95.4 Å². The highest BCUT2D eigenvalue weighted by atomic mass is 16.3. The number of aromatic nitrogens is 1. The molecule has 7 heteroatoms. The van der Waals surface area contributed by atoms with Crippen molar-refractivity contribution >= 4 is 11.8 Å². The van der Waals surface area contributed by atoms with Crippen LogP contribution in [0.4, 0.5) is 0 Å². The Balaban J connectivity index is 1.90. The van der Waals surface area contributed by atoms with Crippen LogP contribution in [0.15, 0.2) is 45.9 Å². The first-order chi connectivity index (χ1) is 13.9. The average Bonchev–Trinajstić information content (AvgIpc) is 3.25. The van der Waals surface area contributed by atoms with Crippen LogP contribution in [-0.2, 0) is 11.3 Å². The van der Waals surface area contributed by atoms with Gasteiger partial charge < -0.3 is 19.6 Å². The summed E-state index contributed by atoms with van der Waals surface area (Å²) in [6.07, 6.45) is 8.74. The third-order valence-electron chi connectivity index (χ3n) is 5.88. The average molecular weight is 399 g/mol. The molecule has 2 aromatic rings. The van der Waals surface area contributed by atoms with Gasteiger partial charge in [-0.1, -0.05) is 26.2 Å². The molecule has 7 nitrogen and oxygen atoms in total. The van der Waals surface area contributed by atoms with Crippen LogP contribution in [0.5, 0.6) is 0 Å². The van der Waals surface area contributed by atoms with Gasteiger partial charge in [0.05, 0.1) is 18.4 Å². The van der Waals surface area contributed by atoms with Crippen LogP contribution in [0, 0.1) is 0 Å². The molecule has 29 heavy (non-hydrogen) atoms. The van der Waals surface area contributed by atoms with Gasteiger partial charge in [-0.15, -0.1) is 0 Å². The number of amides is 2. The van der Waals surface area contributed by atoms with Crippen LogP contribution in [0.1, 0.15) is 68.5 Å². The highest BCUT2D eigenvalue weighted by Gasteiger charge is 2.42. The maximum Gasteiger partial charge on any atom is 0.256 e. The largest absolute Gasteiger partial charge is 0.467 e. The molecule has 156 valence electrons. The number of carbonyl (C=O) groups excluding carboxylic acids is 2. The number of hydrogen-bond donors (Lipinski definition) is 2. The van der Waals surface area contributed by atoms with Gasteiger partial charge >= 0.3 is 0 Å². The molecule has 2 amide bonds. The summed E-state index contributed by atoms with van der Waals surface area (Å²) >= 11 is 0. The number of aromatic amines is 1. The molecule has 1 fully saturated rings. The lowest BCUT2D eigenvalue weighted by Crippen LogP contribution is -2.59. The molecule has 1 aliphatic rings. The molecule has 3 rings (SSSR count). The Hall–Kier alpha value is -2.83. The first-order valence-electron chi connectivity index (χ1n) is 10.3. The maximum atomic E-state index is 13.4. The molecule has 0 saturated heterocycles. The Kier molecular flexibility index (Phi) is 6.56. The number of pyridine rings is 1. The minimum Gasteiger partial charge on any atom is -0.467 e. The van der Waals surface area contributed by atoms with Gasteiger partial charge in [0.1, 0.15) is 11.3 Å². The zero-order valence-corrected chi connectivity index (χ0v) is 17.1. The maximum absolute atomic E-state index is 13.4. The van der Waals surface area contributed by atoms with Gasteiger partial charge in [-0.3, -0.25) is 14.4 Å². The molecule has 0 radical (unpaired) electrons. The smallest absolute Gasteiger partial charge is 0.256 e. The van der Waals surface area contributed by atoms with Gasteiger partial charge in [0.25, 0.3) is 5.91 Å². The summed E-state index contributed by atoms with van der Waals surface area (Å²) in [5, 5.41) is 3.16.